The average Bonchev–Trinajstić information content (AvgIpc) is 3.63. The zero-order valence-electron chi connectivity index (χ0n) is 55.2. The standard InChI is InChI=1S/C74H135NO10/c1-4-7-10-13-16-19-22-24-26-28-30-32-34-36-38-40-42-44-47-50-53-56-59-62-69(79)85-72-71(81)70(80)68(63-76)84-74(72)83-64-65(66(77)60-57-54-51-48-45-21-18-15-12-9-6-3)75-73(82)67(78)61-58-55-52-49-46-43-41-39-37-35-33-31-29-27-25-23-20-17-14-11-8-5-2/h17,20,25,27,31,33,37,39,57,60,65-68,70-72,74,76-78,80-81H,4-16,18-19,21-24,26,28-30,32,34-36,38,40-56,58-59,61-64H2,1-3H3,(H,75,82)/b20-17-,27-25-,33-31-,39-37-,60-57+. The molecular formula is C74H135NO10. The van der Waals surface area contributed by atoms with Gasteiger partial charge in [-0.1, -0.05) is 319 Å². The number of aliphatic hydroxyl groups is 5. The quantitative estimate of drug-likeness (QED) is 0.0195. The number of ether oxygens (including phenoxy) is 3. The van der Waals surface area contributed by atoms with Crippen molar-refractivity contribution in [1.82, 2.24) is 5.32 Å². The van der Waals surface area contributed by atoms with Crippen LogP contribution in [0, 0.1) is 0 Å². The van der Waals surface area contributed by atoms with Gasteiger partial charge < -0.3 is 45.1 Å². The lowest BCUT2D eigenvalue weighted by molar-refractivity contribution is -0.305. The van der Waals surface area contributed by atoms with Crippen molar-refractivity contribution in [3.05, 3.63) is 60.8 Å². The van der Waals surface area contributed by atoms with Crippen molar-refractivity contribution in [3.8, 4) is 0 Å². The van der Waals surface area contributed by atoms with E-state index in [1.807, 2.05) is 6.08 Å². The first-order chi connectivity index (χ1) is 41.7. The van der Waals surface area contributed by atoms with Crippen LogP contribution in [-0.4, -0.2) is 99.6 Å². The number of aliphatic hydroxyl groups excluding tert-OH is 5. The van der Waals surface area contributed by atoms with Crippen LogP contribution in [0.15, 0.2) is 60.8 Å². The summed E-state index contributed by atoms with van der Waals surface area (Å²) < 4.78 is 17.7. The summed E-state index contributed by atoms with van der Waals surface area (Å²) in [5.74, 6) is -1.19. The minimum atomic E-state index is -1.62. The minimum Gasteiger partial charge on any atom is -0.454 e. The molecule has 1 amide bonds. The topological polar surface area (TPSA) is 175 Å². The molecule has 11 nitrogen and oxygen atoms in total. The third-order valence-corrected chi connectivity index (χ3v) is 16.9. The van der Waals surface area contributed by atoms with Crippen molar-refractivity contribution in [2.45, 2.75) is 384 Å². The number of carbonyl (C=O) groups excluding carboxylic acids is 2. The van der Waals surface area contributed by atoms with Gasteiger partial charge in [-0.05, 0) is 70.6 Å². The van der Waals surface area contributed by atoms with Crippen LogP contribution < -0.4 is 5.32 Å². The Morgan fingerprint density at radius 3 is 1.24 bits per heavy atom. The third kappa shape index (κ3) is 48.9. The smallest absolute Gasteiger partial charge is 0.306 e. The first kappa shape index (κ1) is 80.4. The van der Waals surface area contributed by atoms with E-state index in [2.05, 4.69) is 74.7 Å². The highest BCUT2D eigenvalue weighted by molar-refractivity contribution is 5.80. The molecule has 0 saturated carbocycles. The zero-order valence-corrected chi connectivity index (χ0v) is 55.2. The molecule has 0 aromatic rings. The molecule has 6 N–H and O–H groups in total. The maximum absolute atomic E-state index is 13.5. The molecule has 8 unspecified atom stereocenters. The molecule has 0 radical (unpaired) electrons. The van der Waals surface area contributed by atoms with Crippen LogP contribution in [0.1, 0.15) is 335 Å². The molecule has 496 valence electrons. The molecule has 0 spiro atoms. The molecule has 1 fully saturated rings. The number of rotatable bonds is 62. The van der Waals surface area contributed by atoms with Crippen LogP contribution in [0.5, 0.6) is 0 Å². The lowest BCUT2D eigenvalue weighted by Crippen LogP contribution is -2.61. The number of hydrogen-bond donors (Lipinski definition) is 6. The molecule has 1 heterocycles. The van der Waals surface area contributed by atoms with Crippen LogP contribution in [0.3, 0.4) is 0 Å². The summed E-state index contributed by atoms with van der Waals surface area (Å²) in [7, 11) is 0. The van der Waals surface area contributed by atoms with Crippen molar-refractivity contribution in [2.75, 3.05) is 13.2 Å². The molecule has 1 aliphatic rings. The van der Waals surface area contributed by atoms with Crippen molar-refractivity contribution < 1.29 is 49.3 Å². The summed E-state index contributed by atoms with van der Waals surface area (Å²) in [5.41, 5.74) is 0. The molecule has 1 aliphatic heterocycles. The van der Waals surface area contributed by atoms with E-state index in [1.54, 1.807) is 6.08 Å². The van der Waals surface area contributed by atoms with Gasteiger partial charge in [0.05, 0.1) is 25.4 Å². The molecular weight excluding hydrogens is 1060 g/mol. The molecule has 0 bridgehead atoms. The lowest BCUT2D eigenvalue weighted by Gasteiger charge is -2.41. The number of allylic oxidation sites excluding steroid dienone is 9. The van der Waals surface area contributed by atoms with Gasteiger partial charge in [-0.25, -0.2) is 0 Å². The predicted octanol–water partition coefficient (Wildman–Crippen LogP) is 18.5. The second-order valence-electron chi connectivity index (χ2n) is 25.0. The maximum Gasteiger partial charge on any atom is 0.306 e. The highest BCUT2D eigenvalue weighted by atomic mass is 16.7. The van der Waals surface area contributed by atoms with E-state index in [0.717, 1.165) is 96.3 Å². The van der Waals surface area contributed by atoms with Crippen LogP contribution in [0.25, 0.3) is 0 Å². The van der Waals surface area contributed by atoms with E-state index in [0.29, 0.717) is 12.8 Å². The summed E-state index contributed by atoms with van der Waals surface area (Å²) in [6.07, 6.45) is 68.4. The molecule has 0 aromatic carbocycles. The normalized spacial score (nSPS) is 18.7. The van der Waals surface area contributed by atoms with Crippen LogP contribution >= 0.6 is 0 Å². The van der Waals surface area contributed by atoms with E-state index in [-0.39, 0.29) is 19.4 Å². The number of unbranched alkanes of at least 4 members (excludes halogenated alkanes) is 40. The van der Waals surface area contributed by atoms with Gasteiger partial charge in [-0.2, -0.15) is 0 Å². The fourth-order valence-electron chi connectivity index (χ4n) is 11.2. The average molecular weight is 1200 g/mol. The molecule has 1 saturated heterocycles. The summed E-state index contributed by atoms with van der Waals surface area (Å²) in [5, 5.41) is 57.2. The monoisotopic (exact) mass is 1200 g/mol. The van der Waals surface area contributed by atoms with Crippen molar-refractivity contribution in [3.63, 3.8) is 0 Å². The van der Waals surface area contributed by atoms with Crippen molar-refractivity contribution in [1.29, 1.82) is 0 Å². The molecule has 8 atom stereocenters. The van der Waals surface area contributed by atoms with E-state index < -0.39 is 67.4 Å². The largest absolute Gasteiger partial charge is 0.454 e. The Kier molecular flexibility index (Phi) is 58.2. The summed E-state index contributed by atoms with van der Waals surface area (Å²) in [6.45, 7) is 5.79. The van der Waals surface area contributed by atoms with Crippen molar-refractivity contribution >= 4 is 11.9 Å². The molecule has 1 rings (SSSR count). The number of amides is 1. The lowest BCUT2D eigenvalue weighted by atomic mass is 9.99. The SMILES string of the molecule is CCCCC/C=C\C/C=C\C/C=C\C/C=C\CCCCCCCCC(O)C(=O)NC(COC1OC(CO)C(O)C(O)C1OC(=O)CCCCCCCCCCCCCCCCCCCCCCCCC)C(O)/C=C/CCCCCCCCCCC. The Hall–Kier alpha value is -2.64. The zero-order chi connectivity index (χ0) is 61.7. The summed E-state index contributed by atoms with van der Waals surface area (Å²) >= 11 is 0. The van der Waals surface area contributed by atoms with Gasteiger partial charge in [-0.3, -0.25) is 9.59 Å². The highest BCUT2D eigenvalue weighted by Crippen LogP contribution is 2.26. The van der Waals surface area contributed by atoms with Gasteiger partial charge in [0, 0.05) is 6.42 Å². The van der Waals surface area contributed by atoms with Crippen LogP contribution in [0.4, 0.5) is 0 Å². The minimum absolute atomic E-state index is 0.125. The van der Waals surface area contributed by atoms with E-state index in [1.165, 1.54) is 193 Å². The van der Waals surface area contributed by atoms with Gasteiger partial charge in [-0.15, -0.1) is 0 Å². The Bertz CT molecular complexity index is 1620. The fraction of sp³-hybridized carbons (Fsp3) is 0.838. The van der Waals surface area contributed by atoms with Gasteiger partial charge in [0.1, 0.15) is 24.4 Å². The third-order valence-electron chi connectivity index (χ3n) is 16.9. The molecule has 0 aromatic heterocycles. The summed E-state index contributed by atoms with van der Waals surface area (Å²) in [6, 6.07) is -1.03. The van der Waals surface area contributed by atoms with E-state index >= 15 is 0 Å². The first-order valence-corrected chi connectivity index (χ1v) is 36.1. The number of carbonyl (C=O) groups is 2. The molecule has 0 aliphatic carbocycles. The van der Waals surface area contributed by atoms with E-state index in [9.17, 15) is 35.1 Å². The molecule has 85 heavy (non-hydrogen) atoms. The van der Waals surface area contributed by atoms with Gasteiger partial charge >= 0.3 is 5.97 Å². The second kappa shape index (κ2) is 61.6. The maximum atomic E-state index is 13.5. The van der Waals surface area contributed by atoms with Crippen LogP contribution in [0.2, 0.25) is 0 Å². The Labute approximate surface area is 522 Å². The predicted molar refractivity (Wildman–Crippen MR) is 356 cm³/mol. The van der Waals surface area contributed by atoms with Crippen LogP contribution in [-0.2, 0) is 23.8 Å². The van der Waals surface area contributed by atoms with Gasteiger partial charge in [0.25, 0.3) is 0 Å². The number of nitrogens with one attached hydrogen (secondary N) is 1. The number of esters is 1. The molecule has 11 heteroatoms. The Morgan fingerprint density at radius 1 is 0.459 bits per heavy atom. The first-order valence-electron chi connectivity index (χ1n) is 36.1. The van der Waals surface area contributed by atoms with Gasteiger partial charge in [0.15, 0.2) is 12.4 Å². The number of hydrogen-bond acceptors (Lipinski definition) is 10. The van der Waals surface area contributed by atoms with Crippen molar-refractivity contribution in [2.24, 2.45) is 0 Å². The Balaban J connectivity index is 2.56. The van der Waals surface area contributed by atoms with Gasteiger partial charge in [0.2, 0.25) is 5.91 Å². The fourth-order valence-corrected chi connectivity index (χ4v) is 11.2. The highest BCUT2D eigenvalue weighted by Gasteiger charge is 2.47. The Morgan fingerprint density at radius 2 is 0.812 bits per heavy atom. The summed E-state index contributed by atoms with van der Waals surface area (Å²) in [4.78, 5) is 26.7. The second-order valence-corrected chi connectivity index (χ2v) is 25.0. The van der Waals surface area contributed by atoms with E-state index in [4.69, 9.17) is 14.2 Å².